The number of aryl methyl sites for hydroxylation is 1. The van der Waals surface area contributed by atoms with Crippen molar-refractivity contribution in [3.8, 4) is 0 Å². The van der Waals surface area contributed by atoms with Crippen LogP contribution in [-0.2, 0) is 11.3 Å². The second-order valence-corrected chi connectivity index (χ2v) is 5.79. The number of piperidine rings is 1. The van der Waals surface area contributed by atoms with Crippen molar-refractivity contribution in [1.82, 2.24) is 15.2 Å². The Morgan fingerprint density at radius 3 is 2.89 bits per heavy atom. The van der Waals surface area contributed by atoms with Crippen LogP contribution in [0.4, 0.5) is 0 Å². The first-order valence-electron chi connectivity index (χ1n) is 6.65. The molecule has 1 amide bonds. The van der Waals surface area contributed by atoms with Crippen LogP contribution in [0.5, 0.6) is 0 Å². The second kappa shape index (κ2) is 6.85. The molecule has 4 nitrogen and oxygen atoms in total. The van der Waals surface area contributed by atoms with E-state index >= 15 is 0 Å². The predicted molar refractivity (Wildman–Crippen MR) is 73.6 cm³/mol. The predicted octanol–water partition coefficient (Wildman–Crippen LogP) is 1.94. The normalized spacial score (nSPS) is 15.9. The smallest absolute Gasteiger partial charge is 0.223 e. The zero-order chi connectivity index (χ0) is 12.8. The molecule has 0 aromatic carbocycles. The van der Waals surface area contributed by atoms with Crippen LogP contribution < -0.4 is 5.32 Å². The third-order valence-electron chi connectivity index (χ3n) is 3.20. The number of carbonyl (C=O) groups excluding carboxylic acids is 1. The molecule has 0 saturated carbocycles. The summed E-state index contributed by atoms with van der Waals surface area (Å²) in [6, 6.07) is 0. The van der Waals surface area contributed by atoms with E-state index in [1.807, 2.05) is 11.8 Å². The first kappa shape index (κ1) is 13.5. The minimum absolute atomic E-state index is 0.289. The fourth-order valence-corrected chi connectivity index (χ4v) is 2.82. The highest BCUT2D eigenvalue weighted by atomic mass is 32.1. The number of hydrogen-bond donors (Lipinski definition) is 1. The molecule has 1 aromatic rings. The molecule has 2 heterocycles. The van der Waals surface area contributed by atoms with E-state index in [0.717, 1.165) is 49.7 Å². The van der Waals surface area contributed by atoms with E-state index in [1.165, 1.54) is 6.42 Å². The molecule has 2 rings (SSSR count). The monoisotopic (exact) mass is 267 g/mol. The maximum atomic E-state index is 11.9. The van der Waals surface area contributed by atoms with Crippen molar-refractivity contribution in [1.29, 1.82) is 0 Å². The van der Waals surface area contributed by atoms with Gasteiger partial charge in [-0.3, -0.25) is 4.79 Å². The average molecular weight is 267 g/mol. The molecule has 0 radical (unpaired) electrons. The molecule has 100 valence electrons. The molecular weight excluding hydrogens is 246 g/mol. The number of rotatable bonds is 5. The van der Waals surface area contributed by atoms with Gasteiger partial charge >= 0.3 is 0 Å². The summed E-state index contributed by atoms with van der Waals surface area (Å²) in [6.07, 6.45) is 4.20. The van der Waals surface area contributed by atoms with Crippen molar-refractivity contribution < 1.29 is 4.79 Å². The summed E-state index contributed by atoms with van der Waals surface area (Å²) in [5.41, 5.74) is 1.07. The third kappa shape index (κ3) is 4.07. The van der Waals surface area contributed by atoms with Crippen LogP contribution in [0.25, 0.3) is 0 Å². The molecule has 0 aliphatic carbocycles. The molecule has 1 aliphatic rings. The standard InChI is InChI=1S/C13H21N3OS/c1-11-15-12(10-18-11)9-14-6-5-13(17)16-7-3-2-4-8-16/h10,14H,2-9H2,1H3. The average Bonchev–Trinajstić information content (AvgIpc) is 2.81. The van der Waals surface area contributed by atoms with Crippen LogP contribution in [-0.4, -0.2) is 35.4 Å². The molecule has 5 heteroatoms. The van der Waals surface area contributed by atoms with Crippen LogP contribution in [0.2, 0.25) is 0 Å². The van der Waals surface area contributed by atoms with Crippen LogP contribution in [0.3, 0.4) is 0 Å². The molecule has 1 N–H and O–H groups in total. The lowest BCUT2D eigenvalue weighted by Crippen LogP contribution is -2.37. The van der Waals surface area contributed by atoms with Crippen molar-refractivity contribution in [3.05, 3.63) is 16.1 Å². The van der Waals surface area contributed by atoms with Gasteiger partial charge in [-0.1, -0.05) is 0 Å². The number of nitrogens with zero attached hydrogens (tertiary/aromatic N) is 2. The first-order chi connectivity index (χ1) is 8.75. The number of carbonyl (C=O) groups is 1. The Morgan fingerprint density at radius 2 is 2.22 bits per heavy atom. The molecule has 0 spiro atoms. The number of aromatic nitrogens is 1. The summed E-state index contributed by atoms with van der Waals surface area (Å²) >= 11 is 1.67. The van der Waals surface area contributed by atoms with E-state index in [-0.39, 0.29) is 5.91 Å². The van der Waals surface area contributed by atoms with Crippen molar-refractivity contribution in [2.45, 2.75) is 39.2 Å². The van der Waals surface area contributed by atoms with Gasteiger partial charge in [-0.05, 0) is 26.2 Å². The number of hydrogen-bond acceptors (Lipinski definition) is 4. The number of likely N-dealkylation sites (tertiary alicyclic amines) is 1. The van der Waals surface area contributed by atoms with Gasteiger partial charge in [0.15, 0.2) is 0 Å². The summed E-state index contributed by atoms with van der Waals surface area (Å²) in [5, 5.41) is 6.44. The molecule has 18 heavy (non-hydrogen) atoms. The molecule has 1 aromatic heterocycles. The van der Waals surface area contributed by atoms with Gasteiger partial charge in [0.05, 0.1) is 10.7 Å². The van der Waals surface area contributed by atoms with Gasteiger partial charge in [-0.15, -0.1) is 11.3 Å². The Kier molecular flexibility index (Phi) is 5.13. The highest BCUT2D eigenvalue weighted by molar-refractivity contribution is 7.09. The lowest BCUT2D eigenvalue weighted by atomic mass is 10.1. The van der Waals surface area contributed by atoms with Gasteiger partial charge in [0.25, 0.3) is 0 Å². The molecule has 1 fully saturated rings. The van der Waals surface area contributed by atoms with Gasteiger partial charge in [-0.25, -0.2) is 4.98 Å². The molecule has 0 atom stereocenters. The molecular formula is C13H21N3OS. The van der Waals surface area contributed by atoms with E-state index in [1.54, 1.807) is 11.3 Å². The summed E-state index contributed by atoms with van der Waals surface area (Å²) in [5.74, 6) is 0.289. The van der Waals surface area contributed by atoms with Crippen LogP contribution in [0, 0.1) is 6.92 Å². The summed E-state index contributed by atoms with van der Waals surface area (Å²) < 4.78 is 0. The fourth-order valence-electron chi connectivity index (χ4n) is 2.20. The minimum Gasteiger partial charge on any atom is -0.343 e. The zero-order valence-corrected chi connectivity index (χ0v) is 11.8. The Balaban J connectivity index is 1.61. The van der Waals surface area contributed by atoms with E-state index < -0.39 is 0 Å². The molecule has 0 bridgehead atoms. The SMILES string of the molecule is Cc1nc(CNCCC(=O)N2CCCCC2)cs1. The van der Waals surface area contributed by atoms with Crippen molar-refractivity contribution in [2.24, 2.45) is 0 Å². The van der Waals surface area contributed by atoms with E-state index in [9.17, 15) is 4.79 Å². The summed E-state index contributed by atoms with van der Waals surface area (Å²) in [6.45, 7) is 5.41. The van der Waals surface area contributed by atoms with E-state index in [4.69, 9.17) is 0 Å². The maximum Gasteiger partial charge on any atom is 0.223 e. The zero-order valence-electron chi connectivity index (χ0n) is 10.9. The van der Waals surface area contributed by atoms with Crippen molar-refractivity contribution in [2.75, 3.05) is 19.6 Å². The highest BCUT2D eigenvalue weighted by Gasteiger charge is 2.15. The Labute approximate surface area is 112 Å². The van der Waals surface area contributed by atoms with Crippen LogP contribution in [0.1, 0.15) is 36.4 Å². The molecule has 0 unspecified atom stereocenters. The topological polar surface area (TPSA) is 45.2 Å². The first-order valence-corrected chi connectivity index (χ1v) is 7.53. The van der Waals surface area contributed by atoms with Gasteiger partial charge in [0, 0.05) is 38.0 Å². The molecule has 1 saturated heterocycles. The van der Waals surface area contributed by atoms with Crippen LogP contribution >= 0.6 is 11.3 Å². The number of thiazole rings is 1. The lowest BCUT2D eigenvalue weighted by molar-refractivity contribution is -0.131. The summed E-state index contributed by atoms with van der Waals surface area (Å²) in [7, 11) is 0. The maximum absolute atomic E-state index is 11.9. The largest absolute Gasteiger partial charge is 0.343 e. The summed E-state index contributed by atoms with van der Waals surface area (Å²) in [4.78, 5) is 18.3. The Morgan fingerprint density at radius 1 is 1.44 bits per heavy atom. The van der Waals surface area contributed by atoms with Crippen molar-refractivity contribution in [3.63, 3.8) is 0 Å². The molecule has 1 aliphatic heterocycles. The highest BCUT2D eigenvalue weighted by Crippen LogP contribution is 2.10. The fraction of sp³-hybridized carbons (Fsp3) is 0.692. The third-order valence-corrected chi connectivity index (χ3v) is 4.02. The second-order valence-electron chi connectivity index (χ2n) is 4.73. The van der Waals surface area contributed by atoms with Gasteiger partial charge in [-0.2, -0.15) is 0 Å². The minimum atomic E-state index is 0.289. The number of nitrogens with one attached hydrogen (secondary N) is 1. The van der Waals surface area contributed by atoms with Crippen molar-refractivity contribution >= 4 is 17.2 Å². The quantitative estimate of drug-likeness (QED) is 0.829. The van der Waals surface area contributed by atoms with E-state index in [2.05, 4.69) is 15.7 Å². The van der Waals surface area contributed by atoms with Gasteiger partial charge in [0.1, 0.15) is 0 Å². The van der Waals surface area contributed by atoms with Crippen LogP contribution in [0.15, 0.2) is 5.38 Å². The Hall–Kier alpha value is -0.940. The number of amides is 1. The van der Waals surface area contributed by atoms with Gasteiger partial charge < -0.3 is 10.2 Å². The van der Waals surface area contributed by atoms with Gasteiger partial charge in [0.2, 0.25) is 5.91 Å². The lowest BCUT2D eigenvalue weighted by Gasteiger charge is -2.26. The Bertz CT molecular complexity index is 385. The van der Waals surface area contributed by atoms with E-state index in [0.29, 0.717) is 6.42 Å².